The predicted octanol–water partition coefficient (Wildman–Crippen LogP) is 6.34. The van der Waals surface area contributed by atoms with Crippen molar-refractivity contribution in [1.29, 1.82) is 0 Å². The summed E-state index contributed by atoms with van der Waals surface area (Å²) >= 11 is 0.193. The number of thiophene rings is 1. The Balaban J connectivity index is 1.60. The lowest BCUT2D eigenvalue weighted by Gasteiger charge is -2.23. The Labute approximate surface area is 229 Å². The number of carbonyl (C=O) groups excluding carboxylic acids is 1. The maximum Gasteiger partial charge on any atom is 0.310 e. The van der Waals surface area contributed by atoms with Crippen molar-refractivity contribution in [2.75, 3.05) is 6.61 Å². The number of aromatic nitrogens is 1. The quantitative estimate of drug-likeness (QED) is 0.182. The van der Waals surface area contributed by atoms with E-state index in [4.69, 9.17) is 9.47 Å². The van der Waals surface area contributed by atoms with Gasteiger partial charge in [-0.05, 0) is 74.4 Å². The molecular formula is C29H31FN2O4S2. The van der Waals surface area contributed by atoms with Crippen LogP contribution in [0.25, 0.3) is 21.2 Å². The number of benzene rings is 2. The van der Waals surface area contributed by atoms with Crippen molar-refractivity contribution in [1.82, 2.24) is 9.71 Å². The minimum atomic E-state index is -1.35. The first-order chi connectivity index (χ1) is 18.2. The minimum Gasteiger partial charge on any atom is -0.598 e. The SMILES string of the molecule is CCOC(=O)Cc1ccccc1OCc1cc(-c2ccnc(CN[S@@+]([O-])C(C)(C)C)c2F)c2sccc2c1. The van der Waals surface area contributed by atoms with Gasteiger partial charge in [-0.3, -0.25) is 9.78 Å². The molecule has 0 fully saturated rings. The number of halogens is 1. The molecule has 38 heavy (non-hydrogen) atoms. The molecule has 4 aromatic rings. The van der Waals surface area contributed by atoms with Crippen LogP contribution in [-0.4, -0.2) is 26.9 Å². The molecule has 200 valence electrons. The molecule has 0 spiro atoms. The molecule has 0 radical (unpaired) electrons. The number of fused-ring (bicyclic) bond motifs is 1. The molecule has 0 amide bonds. The largest absolute Gasteiger partial charge is 0.598 e. The predicted molar refractivity (Wildman–Crippen MR) is 151 cm³/mol. The molecule has 0 aliphatic rings. The molecule has 2 heterocycles. The van der Waals surface area contributed by atoms with E-state index in [2.05, 4.69) is 9.71 Å². The van der Waals surface area contributed by atoms with Crippen LogP contribution in [0.5, 0.6) is 5.75 Å². The van der Waals surface area contributed by atoms with Crippen LogP contribution in [-0.2, 0) is 40.5 Å². The monoisotopic (exact) mass is 554 g/mol. The van der Waals surface area contributed by atoms with Gasteiger partial charge in [0.1, 0.15) is 17.1 Å². The summed E-state index contributed by atoms with van der Waals surface area (Å²) in [5.41, 5.74) is 2.98. The van der Waals surface area contributed by atoms with Crippen molar-refractivity contribution in [3.05, 3.63) is 82.7 Å². The van der Waals surface area contributed by atoms with E-state index in [0.29, 0.717) is 17.9 Å². The normalized spacial score (nSPS) is 12.5. The lowest BCUT2D eigenvalue weighted by Crippen LogP contribution is -2.39. The Morgan fingerprint density at radius 3 is 2.71 bits per heavy atom. The van der Waals surface area contributed by atoms with Gasteiger partial charge in [-0.15, -0.1) is 16.1 Å². The number of nitrogens with zero attached hydrogens (tertiary/aromatic N) is 1. The zero-order valence-corrected chi connectivity index (χ0v) is 23.5. The lowest BCUT2D eigenvalue weighted by molar-refractivity contribution is -0.142. The summed E-state index contributed by atoms with van der Waals surface area (Å²) < 4.78 is 42.7. The molecule has 0 saturated heterocycles. The molecule has 2 aromatic carbocycles. The zero-order chi connectivity index (χ0) is 27.3. The fourth-order valence-corrected chi connectivity index (χ4v) is 5.53. The maximum absolute atomic E-state index is 15.7. The van der Waals surface area contributed by atoms with Crippen molar-refractivity contribution in [3.63, 3.8) is 0 Å². The molecule has 4 rings (SSSR count). The van der Waals surface area contributed by atoms with E-state index < -0.39 is 21.9 Å². The molecule has 0 saturated carbocycles. The molecule has 0 aliphatic heterocycles. The number of pyridine rings is 1. The number of ether oxygens (including phenoxy) is 2. The Kier molecular flexibility index (Phi) is 9.04. The third-order valence-electron chi connectivity index (χ3n) is 5.80. The van der Waals surface area contributed by atoms with E-state index in [9.17, 15) is 9.35 Å². The van der Waals surface area contributed by atoms with Gasteiger partial charge in [0, 0.05) is 38.9 Å². The molecule has 1 atom stereocenters. The third kappa shape index (κ3) is 6.71. The summed E-state index contributed by atoms with van der Waals surface area (Å²) in [6.45, 7) is 7.95. The topological polar surface area (TPSA) is 83.5 Å². The maximum atomic E-state index is 15.7. The number of nitrogens with one attached hydrogen (secondary N) is 1. The number of esters is 1. The second-order valence-electron chi connectivity index (χ2n) is 9.68. The summed E-state index contributed by atoms with van der Waals surface area (Å²) in [4.78, 5) is 16.2. The number of rotatable bonds is 10. The van der Waals surface area contributed by atoms with Crippen LogP contribution < -0.4 is 9.46 Å². The lowest BCUT2D eigenvalue weighted by atomic mass is 10.0. The summed E-state index contributed by atoms with van der Waals surface area (Å²) in [7, 11) is 0. The van der Waals surface area contributed by atoms with Crippen molar-refractivity contribution >= 4 is 38.8 Å². The number of para-hydroxylation sites is 1. The molecule has 9 heteroatoms. The van der Waals surface area contributed by atoms with Crippen LogP contribution in [0.4, 0.5) is 4.39 Å². The summed E-state index contributed by atoms with van der Waals surface area (Å²) in [5.74, 6) is -0.156. The highest BCUT2D eigenvalue weighted by atomic mass is 32.2. The standard InChI is InChI=1S/C29H31FN2O4S2/c1-5-35-26(33)16-20-8-6-7-9-25(20)36-18-19-14-21-11-13-37-28(21)23(15-19)22-10-12-31-24(27(22)30)17-32-38(34)29(2,3)4/h6-15,32H,5,16-18H2,1-4H3/t38-/m0/s1. The van der Waals surface area contributed by atoms with Crippen LogP contribution in [0, 0.1) is 5.82 Å². The highest BCUT2D eigenvalue weighted by molar-refractivity contribution is 7.90. The van der Waals surface area contributed by atoms with Crippen LogP contribution in [0.2, 0.25) is 0 Å². The molecule has 0 aliphatic carbocycles. The van der Waals surface area contributed by atoms with Gasteiger partial charge in [-0.1, -0.05) is 18.2 Å². The van der Waals surface area contributed by atoms with Crippen molar-refractivity contribution in [2.45, 2.75) is 52.0 Å². The van der Waals surface area contributed by atoms with E-state index in [-0.39, 0.29) is 31.2 Å². The van der Waals surface area contributed by atoms with E-state index >= 15 is 4.39 Å². The van der Waals surface area contributed by atoms with E-state index in [1.807, 2.05) is 68.6 Å². The average Bonchev–Trinajstić information content (AvgIpc) is 3.35. The van der Waals surface area contributed by atoms with Gasteiger partial charge in [0.15, 0.2) is 5.82 Å². The molecular weight excluding hydrogens is 523 g/mol. The van der Waals surface area contributed by atoms with Gasteiger partial charge in [-0.2, -0.15) is 0 Å². The summed E-state index contributed by atoms with van der Waals surface area (Å²) in [6, 6.07) is 15.0. The second-order valence-corrected chi connectivity index (χ2v) is 12.6. The average molecular weight is 555 g/mol. The zero-order valence-electron chi connectivity index (χ0n) is 21.9. The fourth-order valence-electron chi connectivity index (χ4n) is 3.92. The van der Waals surface area contributed by atoms with Crippen molar-refractivity contribution in [2.24, 2.45) is 0 Å². The molecule has 2 aromatic heterocycles. The highest BCUT2D eigenvalue weighted by Gasteiger charge is 2.27. The first kappa shape index (κ1) is 28.0. The fraction of sp³-hybridized carbons (Fsp3) is 0.310. The van der Waals surface area contributed by atoms with Crippen molar-refractivity contribution < 1.29 is 23.2 Å². The minimum absolute atomic E-state index is 0.0528. The van der Waals surface area contributed by atoms with Gasteiger partial charge in [0.05, 0.1) is 25.3 Å². The van der Waals surface area contributed by atoms with Gasteiger partial charge >= 0.3 is 5.97 Å². The van der Waals surface area contributed by atoms with Crippen LogP contribution in [0.1, 0.15) is 44.5 Å². The van der Waals surface area contributed by atoms with Crippen molar-refractivity contribution in [3.8, 4) is 16.9 Å². The third-order valence-corrected chi connectivity index (χ3v) is 8.28. The summed E-state index contributed by atoms with van der Waals surface area (Å²) in [6.07, 6.45) is 1.70. The molecule has 0 unspecified atom stereocenters. The van der Waals surface area contributed by atoms with Crippen LogP contribution in [0.15, 0.2) is 60.1 Å². The van der Waals surface area contributed by atoms with Gasteiger partial charge in [0.2, 0.25) is 0 Å². The Bertz CT molecular complexity index is 1420. The van der Waals surface area contributed by atoms with Crippen LogP contribution in [0.3, 0.4) is 0 Å². The van der Waals surface area contributed by atoms with E-state index in [0.717, 1.165) is 26.8 Å². The Hall–Kier alpha value is -2.98. The van der Waals surface area contributed by atoms with Gasteiger partial charge in [-0.25, -0.2) is 4.39 Å². The molecule has 1 N–H and O–H groups in total. The van der Waals surface area contributed by atoms with Gasteiger partial charge < -0.3 is 14.0 Å². The second kappa shape index (κ2) is 12.3. The Morgan fingerprint density at radius 1 is 1.16 bits per heavy atom. The van der Waals surface area contributed by atoms with E-state index in [1.165, 1.54) is 11.3 Å². The first-order valence-corrected chi connectivity index (χ1v) is 14.4. The smallest absolute Gasteiger partial charge is 0.310 e. The highest BCUT2D eigenvalue weighted by Crippen LogP contribution is 2.36. The van der Waals surface area contributed by atoms with E-state index in [1.54, 1.807) is 19.2 Å². The number of hydrogen-bond donors (Lipinski definition) is 1. The summed E-state index contributed by atoms with van der Waals surface area (Å²) in [5, 5.41) is 2.96. The van der Waals surface area contributed by atoms with Crippen LogP contribution >= 0.6 is 11.3 Å². The number of carbonyl (C=O) groups is 1. The van der Waals surface area contributed by atoms with Gasteiger partial charge in [0.25, 0.3) is 0 Å². The first-order valence-electron chi connectivity index (χ1n) is 12.3. The molecule has 6 nitrogen and oxygen atoms in total. The Morgan fingerprint density at radius 2 is 1.95 bits per heavy atom. The number of hydrogen-bond acceptors (Lipinski definition) is 7. The molecule has 0 bridgehead atoms.